The van der Waals surface area contributed by atoms with Crippen molar-refractivity contribution < 1.29 is 19.0 Å². The molecular formula is C22H25NO4. The Hall–Kier alpha value is -2.53. The number of carbonyl (C=O) groups is 1. The summed E-state index contributed by atoms with van der Waals surface area (Å²) in [6.07, 6.45) is 1.44. The van der Waals surface area contributed by atoms with Crippen LogP contribution >= 0.6 is 0 Å². The molecule has 0 N–H and O–H groups in total. The number of fused-ring (bicyclic) bond motifs is 1. The molecule has 0 saturated carbocycles. The summed E-state index contributed by atoms with van der Waals surface area (Å²) in [5, 5.41) is 0. The second kappa shape index (κ2) is 7.61. The van der Waals surface area contributed by atoms with Crippen molar-refractivity contribution in [2.24, 2.45) is 0 Å². The summed E-state index contributed by atoms with van der Waals surface area (Å²) in [7, 11) is 1.65. The third-order valence-corrected chi connectivity index (χ3v) is 5.22. The summed E-state index contributed by atoms with van der Waals surface area (Å²) in [4.78, 5) is 14.7. The van der Waals surface area contributed by atoms with Gasteiger partial charge in [-0.2, -0.15) is 0 Å². The Labute approximate surface area is 159 Å². The normalized spacial score (nSPS) is 19.2. The fourth-order valence-corrected chi connectivity index (χ4v) is 3.71. The van der Waals surface area contributed by atoms with Gasteiger partial charge in [0.1, 0.15) is 12.7 Å². The van der Waals surface area contributed by atoms with Gasteiger partial charge in [0, 0.05) is 18.7 Å². The molecule has 2 heterocycles. The van der Waals surface area contributed by atoms with Gasteiger partial charge >= 0.3 is 0 Å². The minimum Gasteiger partial charge on any atom is -0.493 e. The van der Waals surface area contributed by atoms with E-state index in [1.54, 1.807) is 7.11 Å². The molecule has 0 spiro atoms. The number of methoxy groups -OCH3 is 1. The van der Waals surface area contributed by atoms with Crippen molar-refractivity contribution in [1.82, 2.24) is 4.90 Å². The summed E-state index contributed by atoms with van der Waals surface area (Å²) in [6, 6.07) is 12.5. The lowest BCUT2D eigenvalue weighted by atomic mass is 10.0. The molecule has 1 fully saturated rings. The van der Waals surface area contributed by atoms with Crippen LogP contribution in [0, 0.1) is 6.92 Å². The number of hydrogen-bond acceptors (Lipinski definition) is 4. The van der Waals surface area contributed by atoms with Crippen LogP contribution in [0.4, 0.5) is 0 Å². The fourth-order valence-electron chi connectivity index (χ4n) is 3.71. The van der Waals surface area contributed by atoms with Gasteiger partial charge in [-0.15, -0.1) is 0 Å². The number of ether oxygens (including phenoxy) is 3. The topological polar surface area (TPSA) is 48.0 Å². The highest BCUT2D eigenvalue weighted by Gasteiger charge is 2.30. The highest BCUT2D eigenvalue weighted by Crippen LogP contribution is 2.38. The van der Waals surface area contributed by atoms with Crippen molar-refractivity contribution in [1.29, 1.82) is 0 Å². The first-order valence-electron chi connectivity index (χ1n) is 9.47. The van der Waals surface area contributed by atoms with E-state index in [1.165, 1.54) is 5.56 Å². The maximum absolute atomic E-state index is 12.8. The maximum Gasteiger partial charge on any atom is 0.252 e. The number of amides is 1. The number of rotatable bonds is 3. The predicted octanol–water partition coefficient (Wildman–Crippen LogP) is 3.57. The van der Waals surface area contributed by atoms with Crippen LogP contribution < -0.4 is 9.47 Å². The molecule has 1 atom stereocenters. The van der Waals surface area contributed by atoms with Gasteiger partial charge in [0.15, 0.2) is 11.5 Å². The smallest absolute Gasteiger partial charge is 0.252 e. The van der Waals surface area contributed by atoms with Crippen molar-refractivity contribution in [2.45, 2.75) is 32.4 Å². The van der Waals surface area contributed by atoms with E-state index in [1.807, 2.05) is 11.0 Å². The third-order valence-electron chi connectivity index (χ3n) is 5.22. The van der Waals surface area contributed by atoms with Gasteiger partial charge in [-0.25, -0.2) is 0 Å². The van der Waals surface area contributed by atoms with E-state index in [9.17, 15) is 4.79 Å². The molecule has 2 aliphatic heterocycles. The lowest BCUT2D eigenvalue weighted by molar-refractivity contribution is -0.141. The van der Waals surface area contributed by atoms with Crippen LogP contribution in [-0.2, 0) is 16.1 Å². The van der Waals surface area contributed by atoms with E-state index in [0.29, 0.717) is 32.1 Å². The van der Waals surface area contributed by atoms with Gasteiger partial charge < -0.3 is 19.1 Å². The molecule has 0 aromatic heterocycles. The van der Waals surface area contributed by atoms with Crippen molar-refractivity contribution in [3.8, 4) is 22.6 Å². The van der Waals surface area contributed by atoms with Gasteiger partial charge in [0.2, 0.25) is 0 Å². The predicted molar refractivity (Wildman–Crippen MR) is 103 cm³/mol. The number of carbonyl (C=O) groups excluding carboxylic acids is 1. The molecule has 27 heavy (non-hydrogen) atoms. The molecule has 4 rings (SSSR count). The highest BCUT2D eigenvalue weighted by molar-refractivity contribution is 5.81. The van der Waals surface area contributed by atoms with E-state index in [2.05, 4.69) is 37.3 Å². The van der Waals surface area contributed by atoms with Gasteiger partial charge in [0.05, 0.1) is 13.7 Å². The summed E-state index contributed by atoms with van der Waals surface area (Å²) < 4.78 is 17.1. The Morgan fingerprint density at radius 3 is 2.67 bits per heavy atom. The Bertz CT molecular complexity index is 825. The Morgan fingerprint density at radius 1 is 1.15 bits per heavy atom. The first kappa shape index (κ1) is 17.9. The average Bonchev–Trinajstić information content (AvgIpc) is 3.14. The van der Waals surface area contributed by atoms with Crippen molar-refractivity contribution in [3.05, 3.63) is 47.5 Å². The average molecular weight is 367 g/mol. The summed E-state index contributed by atoms with van der Waals surface area (Å²) in [5.74, 6) is 1.49. The summed E-state index contributed by atoms with van der Waals surface area (Å²) in [5.41, 5.74) is 4.36. The quantitative estimate of drug-likeness (QED) is 0.832. The number of aryl methyl sites for hydroxylation is 1. The van der Waals surface area contributed by atoms with Crippen molar-refractivity contribution >= 4 is 5.91 Å². The van der Waals surface area contributed by atoms with Gasteiger partial charge in [-0.3, -0.25) is 4.79 Å². The van der Waals surface area contributed by atoms with Crippen molar-refractivity contribution in [3.63, 3.8) is 0 Å². The molecule has 2 aromatic rings. The number of benzene rings is 2. The zero-order valence-electron chi connectivity index (χ0n) is 15.9. The van der Waals surface area contributed by atoms with E-state index in [0.717, 1.165) is 35.3 Å². The van der Waals surface area contributed by atoms with E-state index < -0.39 is 0 Å². The van der Waals surface area contributed by atoms with Crippen LogP contribution in [0.1, 0.15) is 24.0 Å². The summed E-state index contributed by atoms with van der Waals surface area (Å²) >= 11 is 0. The Balaban J connectivity index is 1.68. The van der Waals surface area contributed by atoms with Crippen molar-refractivity contribution in [2.75, 3.05) is 26.9 Å². The first-order chi connectivity index (χ1) is 13.2. The lowest BCUT2D eigenvalue weighted by Gasteiger charge is -2.23. The zero-order chi connectivity index (χ0) is 18.8. The molecule has 5 nitrogen and oxygen atoms in total. The number of nitrogens with zero attached hydrogens (tertiary/aromatic N) is 1. The maximum atomic E-state index is 12.8. The molecule has 2 aromatic carbocycles. The molecule has 1 saturated heterocycles. The molecule has 142 valence electrons. The molecular weight excluding hydrogens is 342 g/mol. The Morgan fingerprint density at radius 2 is 1.96 bits per heavy atom. The van der Waals surface area contributed by atoms with E-state index >= 15 is 0 Å². The lowest BCUT2D eigenvalue weighted by Crippen LogP contribution is -2.39. The van der Waals surface area contributed by atoms with Gasteiger partial charge in [-0.1, -0.05) is 29.8 Å². The second-order valence-corrected chi connectivity index (χ2v) is 7.14. The van der Waals surface area contributed by atoms with Crippen LogP contribution in [0.5, 0.6) is 11.5 Å². The SMILES string of the molecule is COc1cc(-c2ccc(C)cc2)cc2c1OCCN(C(=O)[C@@H]1CCCO1)C2. The molecule has 0 radical (unpaired) electrons. The van der Waals surface area contributed by atoms with Crippen LogP contribution in [0.25, 0.3) is 11.1 Å². The standard InChI is InChI=1S/C22H25NO4/c1-15-5-7-16(8-6-15)17-12-18-14-23(22(24)19-4-3-10-26-19)9-11-27-21(18)20(13-17)25-2/h5-8,12-13,19H,3-4,9-11,14H2,1-2H3/t19-/m0/s1. The third kappa shape index (κ3) is 3.65. The summed E-state index contributed by atoms with van der Waals surface area (Å²) in [6.45, 7) is 4.25. The fraction of sp³-hybridized carbons (Fsp3) is 0.409. The van der Waals surface area contributed by atoms with E-state index in [-0.39, 0.29) is 12.0 Å². The Kier molecular flexibility index (Phi) is 5.03. The largest absolute Gasteiger partial charge is 0.493 e. The molecule has 0 aliphatic carbocycles. The van der Waals surface area contributed by atoms with E-state index in [4.69, 9.17) is 14.2 Å². The van der Waals surface area contributed by atoms with Crippen LogP contribution in [0.15, 0.2) is 36.4 Å². The van der Waals surface area contributed by atoms with Crippen LogP contribution in [0.3, 0.4) is 0 Å². The molecule has 5 heteroatoms. The molecule has 2 aliphatic rings. The first-order valence-corrected chi connectivity index (χ1v) is 9.47. The van der Waals surface area contributed by atoms with Gasteiger partial charge in [0.25, 0.3) is 5.91 Å². The minimum absolute atomic E-state index is 0.0589. The van der Waals surface area contributed by atoms with Gasteiger partial charge in [-0.05, 0) is 43.0 Å². The second-order valence-electron chi connectivity index (χ2n) is 7.14. The molecule has 0 unspecified atom stereocenters. The minimum atomic E-state index is -0.311. The zero-order valence-corrected chi connectivity index (χ0v) is 15.9. The molecule has 1 amide bonds. The molecule has 0 bridgehead atoms. The highest BCUT2D eigenvalue weighted by atomic mass is 16.5. The number of hydrogen-bond donors (Lipinski definition) is 0. The van der Waals surface area contributed by atoms with Crippen LogP contribution in [-0.4, -0.2) is 43.8 Å². The van der Waals surface area contributed by atoms with Crippen LogP contribution in [0.2, 0.25) is 0 Å². The monoisotopic (exact) mass is 367 g/mol.